The van der Waals surface area contributed by atoms with E-state index < -0.39 is 0 Å². The average molecular weight is 374 g/mol. The van der Waals surface area contributed by atoms with Gasteiger partial charge in [0.25, 0.3) is 0 Å². The lowest BCUT2D eigenvalue weighted by Gasteiger charge is -2.35. The second-order valence-corrected chi connectivity index (χ2v) is 8.02. The predicted octanol–water partition coefficient (Wildman–Crippen LogP) is 5.83. The Labute approximate surface area is 128 Å². The largest absolute Gasteiger partial charge is 0.0888 e. The summed E-state index contributed by atoms with van der Waals surface area (Å²) in [6, 6.07) is 8.81. The van der Waals surface area contributed by atoms with Crippen LogP contribution in [0, 0.1) is 17.8 Å². The monoisotopic (exact) mass is 372 g/mol. The van der Waals surface area contributed by atoms with Gasteiger partial charge in [-0.05, 0) is 61.1 Å². The molecule has 0 spiro atoms. The summed E-state index contributed by atoms with van der Waals surface area (Å²) in [5.74, 6) is 2.55. The summed E-state index contributed by atoms with van der Waals surface area (Å²) in [6.07, 6.45) is 5.32. The Hall–Kier alpha value is 0.180. The van der Waals surface area contributed by atoms with Gasteiger partial charge in [0.05, 0.1) is 0 Å². The minimum Gasteiger partial charge on any atom is -0.0888 e. The topological polar surface area (TPSA) is 0 Å². The van der Waals surface area contributed by atoms with Gasteiger partial charge in [-0.15, -0.1) is 0 Å². The first-order chi connectivity index (χ1) is 8.56. The summed E-state index contributed by atoms with van der Waals surface area (Å²) in [6.45, 7) is 4.74. The number of halogens is 2. The first kappa shape index (κ1) is 14.6. The van der Waals surface area contributed by atoms with Crippen LogP contribution in [0.25, 0.3) is 0 Å². The summed E-state index contributed by atoms with van der Waals surface area (Å²) in [5, 5.41) is 0. The summed E-state index contributed by atoms with van der Waals surface area (Å²) >= 11 is 7.40. The second kappa shape index (κ2) is 6.56. The molecule has 0 nitrogen and oxygen atoms in total. The van der Waals surface area contributed by atoms with E-state index in [0.29, 0.717) is 4.83 Å². The second-order valence-electron chi connectivity index (χ2n) is 5.92. The fraction of sp³-hybridized carbons (Fsp3) is 0.625. The quantitative estimate of drug-likeness (QED) is 0.585. The molecule has 1 aromatic carbocycles. The number of benzene rings is 1. The van der Waals surface area contributed by atoms with Gasteiger partial charge in [-0.1, -0.05) is 57.8 Å². The molecule has 0 aromatic heterocycles. The molecular weight excluding hydrogens is 352 g/mol. The summed E-state index contributed by atoms with van der Waals surface area (Å²) in [4.78, 5) is 0.705. The minimum absolute atomic E-state index is 0.705. The van der Waals surface area contributed by atoms with Crippen molar-refractivity contribution in [2.75, 3.05) is 0 Å². The van der Waals surface area contributed by atoms with E-state index in [9.17, 15) is 0 Å². The van der Waals surface area contributed by atoms with Crippen LogP contribution in [-0.2, 0) is 6.42 Å². The van der Waals surface area contributed by atoms with Crippen LogP contribution in [0.3, 0.4) is 0 Å². The zero-order valence-corrected chi connectivity index (χ0v) is 14.4. The molecule has 3 atom stereocenters. The molecule has 0 saturated heterocycles. The molecule has 0 heterocycles. The lowest BCUT2D eigenvalue weighted by molar-refractivity contribution is 0.223. The maximum atomic E-state index is 3.89. The zero-order valence-electron chi connectivity index (χ0n) is 11.2. The van der Waals surface area contributed by atoms with Crippen molar-refractivity contribution in [3.63, 3.8) is 0 Å². The highest BCUT2D eigenvalue weighted by molar-refractivity contribution is 9.10. The molecule has 0 N–H and O–H groups in total. The molecule has 1 fully saturated rings. The Bertz CT molecular complexity index is 369. The SMILES string of the molecule is CC(C)C1CCC(Br)C(Cc2ccc(Br)cc2)C1. The molecule has 1 saturated carbocycles. The molecule has 0 bridgehead atoms. The van der Waals surface area contributed by atoms with E-state index in [-0.39, 0.29) is 0 Å². The number of alkyl halides is 1. The van der Waals surface area contributed by atoms with Crippen molar-refractivity contribution >= 4 is 31.9 Å². The van der Waals surface area contributed by atoms with Gasteiger partial charge in [0.15, 0.2) is 0 Å². The molecule has 1 aromatic rings. The molecule has 0 radical (unpaired) electrons. The normalized spacial score (nSPS) is 28.6. The Morgan fingerprint density at radius 3 is 2.44 bits per heavy atom. The van der Waals surface area contributed by atoms with Crippen molar-refractivity contribution in [2.45, 2.75) is 44.4 Å². The molecule has 0 aliphatic heterocycles. The standard InChI is InChI=1S/C16H22Br2/c1-11(2)13-5-8-16(18)14(10-13)9-12-3-6-15(17)7-4-12/h3-4,6-7,11,13-14,16H,5,8-10H2,1-2H3. The van der Waals surface area contributed by atoms with Crippen LogP contribution in [0.1, 0.15) is 38.7 Å². The van der Waals surface area contributed by atoms with Crippen molar-refractivity contribution < 1.29 is 0 Å². The van der Waals surface area contributed by atoms with Gasteiger partial charge in [-0.25, -0.2) is 0 Å². The molecule has 1 aliphatic carbocycles. The van der Waals surface area contributed by atoms with Crippen LogP contribution in [-0.4, -0.2) is 4.83 Å². The van der Waals surface area contributed by atoms with Crippen LogP contribution >= 0.6 is 31.9 Å². The lowest BCUT2D eigenvalue weighted by atomic mass is 9.74. The third-order valence-corrected chi connectivity index (χ3v) is 6.02. The summed E-state index contributed by atoms with van der Waals surface area (Å²) in [5.41, 5.74) is 1.47. The average Bonchev–Trinajstić information content (AvgIpc) is 2.34. The van der Waals surface area contributed by atoms with Crippen molar-refractivity contribution in [3.8, 4) is 0 Å². The maximum absolute atomic E-state index is 3.89. The van der Waals surface area contributed by atoms with Crippen molar-refractivity contribution in [1.82, 2.24) is 0 Å². The third kappa shape index (κ3) is 3.84. The Morgan fingerprint density at radius 2 is 1.83 bits per heavy atom. The molecular formula is C16H22Br2. The van der Waals surface area contributed by atoms with Crippen molar-refractivity contribution in [3.05, 3.63) is 34.3 Å². The minimum atomic E-state index is 0.705. The summed E-state index contributed by atoms with van der Waals surface area (Å²) in [7, 11) is 0. The molecule has 18 heavy (non-hydrogen) atoms. The van der Waals surface area contributed by atoms with Gasteiger partial charge >= 0.3 is 0 Å². The van der Waals surface area contributed by atoms with E-state index in [1.54, 1.807) is 0 Å². The highest BCUT2D eigenvalue weighted by Crippen LogP contribution is 2.38. The fourth-order valence-corrected chi connectivity index (χ4v) is 3.93. The first-order valence-corrected chi connectivity index (χ1v) is 8.65. The first-order valence-electron chi connectivity index (χ1n) is 6.94. The van der Waals surface area contributed by atoms with Crippen LogP contribution < -0.4 is 0 Å². The Morgan fingerprint density at radius 1 is 1.17 bits per heavy atom. The van der Waals surface area contributed by atoms with Crippen LogP contribution in [0.5, 0.6) is 0 Å². The Kier molecular flexibility index (Phi) is 5.32. The molecule has 2 heteroatoms. The van der Waals surface area contributed by atoms with Crippen molar-refractivity contribution in [1.29, 1.82) is 0 Å². The van der Waals surface area contributed by atoms with Gasteiger partial charge in [-0.3, -0.25) is 0 Å². The third-order valence-electron chi connectivity index (χ3n) is 4.28. The molecule has 100 valence electrons. The maximum Gasteiger partial charge on any atom is 0.0177 e. The van der Waals surface area contributed by atoms with Gasteiger partial charge in [-0.2, -0.15) is 0 Å². The number of hydrogen-bond acceptors (Lipinski definition) is 0. The predicted molar refractivity (Wildman–Crippen MR) is 86.2 cm³/mol. The van der Waals surface area contributed by atoms with E-state index in [4.69, 9.17) is 0 Å². The van der Waals surface area contributed by atoms with E-state index >= 15 is 0 Å². The highest BCUT2D eigenvalue weighted by atomic mass is 79.9. The van der Waals surface area contributed by atoms with Crippen LogP contribution in [0.15, 0.2) is 28.7 Å². The number of rotatable bonds is 3. The molecule has 1 aliphatic rings. The molecule has 0 amide bonds. The van der Waals surface area contributed by atoms with Gasteiger partial charge in [0, 0.05) is 9.30 Å². The van der Waals surface area contributed by atoms with E-state index in [0.717, 1.165) is 17.8 Å². The van der Waals surface area contributed by atoms with Gasteiger partial charge in [0.2, 0.25) is 0 Å². The number of hydrogen-bond donors (Lipinski definition) is 0. The molecule has 2 rings (SSSR count). The van der Waals surface area contributed by atoms with Crippen molar-refractivity contribution in [2.24, 2.45) is 17.8 Å². The van der Waals surface area contributed by atoms with Crippen LogP contribution in [0.4, 0.5) is 0 Å². The van der Waals surface area contributed by atoms with Gasteiger partial charge in [0.1, 0.15) is 0 Å². The smallest absolute Gasteiger partial charge is 0.0177 e. The Balaban J connectivity index is 2.00. The summed E-state index contributed by atoms with van der Waals surface area (Å²) < 4.78 is 1.17. The van der Waals surface area contributed by atoms with E-state index in [1.165, 1.54) is 35.7 Å². The molecule has 3 unspecified atom stereocenters. The van der Waals surface area contributed by atoms with Gasteiger partial charge < -0.3 is 0 Å². The van der Waals surface area contributed by atoms with E-state index in [1.807, 2.05) is 0 Å². The zero-order chi connectivity index (χ0) is 13.1. The van der Waals surface area contributed by atoms with Crippen LogP contribution in [0.2, 0.25) is 0 Å². The lowest BCUT2D eigenvalue weighted by Crippen LogP contribution is -2.29. The fourth-order valence-electron chi connectivity index (χ4n) is 3.00. The van der Waals surface area contributed by atoms with E-state index in [2.05, 4.69) is 70.0 Å². The highest BCUT2D eigenvalue weighted by Gasteiger charge is 2.30.